The highest BCUT2D eigenvalue weighted by molar-refractivity contribution is 5.98. The first-order valence-corrected chi connectivity index (χ1v) is 8.14. The summed E-state index contributed by atoms with van der Waals surface area (Å²) in [5, 5.41) is 2.61. The van der Waals surface area contributed by atoms with E-state index < -0.39 is 18.6 Å². The summed E-state index contributed by atoms with van der Waals surface area (Å²) in [6.45, 7) is -1.26. The summed E-state index contributed by atoms with van der Waals surface area (Å²) in [5.41, 5.74) is 2.12. The predicted octanol–water partition coefficient (Wildman–Crippen LogP) is 3.20. The molecule has 1 heterocycles. The Morgan fingerprint density at radius 1 is 1.12 bits per heavy atom. The lowest BCUT2D eigenvalue weighted by Crippen LogP contribution is -2.49. The molecule has 1 aliphatic heterocycles. The number of alkyl halides is 2. The highest BCUT2D eigenvalue weighted by atomic mass is 19.3. The number of rotatable bonds is 4. The van der Waals surface area contributed by atoms with Gasteiger partial charge in [0.15, 0.2) is 0 Å². The Labute approximate surface area is 149 Å². The molecule has 0 spiro atoms. The molecule has 3 rings (SSSR count). The van der Waals surface area contributed by atoms with Crippen LogP contribution in [0.25, 0.3) is 0 Å². The number of para-hydroxylation sites is 2. The average molecular weight is 360 g/mol. The first kappa shape index (κ1) is 17.8. The van der Waals surface area contributed by atoms with Crippen LogP contribution in [-0.2, 0) is 22.6 Å². The molecule has 1 N–H and O–H groups in total. The summed E-state index contributed by atoms with van der Waals surface area (Å²) in [6.07, 6.45) is 0.361. The van der Waals surface area contributed by atoms with E-state index in [1.807, 2.05) is 24.3 Å². The fourth-order valence-electron chi connectivity index (χ4n) is 3.07. The van der Waals surface area contributed by atoms with Crippen LogP contribution in [0, 0.1) is 0 Å². The van der Waals surface area contributed by atoms with Gasteiger partial charge < -0.3 is 15.0 Å². The van der Waals surface area contributed by atoms with Gasteiger partial charge in [-0.15, -0.1) is 0 Å². The van der Waals surface area contributed by atoms with E-state index in [-0.39, 0.29) is 17.3 Å². The SMILES string of the molecule is CC(=O)N1Cc2ccccc2C[C@@H]1C(=O)Nc1ccccc1OC(F)F. The second-order valence-corrected chi connectivity index (χ2v) is 6.00. The molecule has 0 saturated carbocycles. The van der Waals surface area contributed by atoms with Crippen LogP contribution >= 0.6 is 0 Å². The zero-order valence-electron chi connectivity index (χ0n) is 14.1. The standard InChI is InChI=1S/C19H18F2N2O3/c1-12(24)23-11-14-7-3-2-6-13(14)10-16(23)18(25)22-15-8-4-5-9-17(15)26-19(20)21/h2-9,16,19H,10-11H2,1H3,(H,22,25)/t16-/m1/s1. The van der Waals surface area contributed by atoms with Crippen LogP contribution in [0.1, 0.15) is 18.1 Å². The number of amides is 2. The Morgan fingerprint density at radius 2 is 1.77 bits per heavy atom. The monoisotopic (exact) mass is 360 g/mol. The topological polar surface area (TPSA) is 58.6 Å². The molecule has 1 atom stereocenters. The molecule has 7 heteroatoms. The van der Waals surface area contributed by atoms with Crippen molar-refractivity contribution in [3.63, 3.8) is 0 Å². The third kappa shape index (κ3) is 3.82. The molecular formula is C19H18F2N2O3. The largest absolute Gasteiger partial charge is 0.433 e. The van der Waals surface area contributed by atoms with Crippen molar-refractivity contribution in [2.45, 2.75) is 32.5 Å². The molecule has 0 aromatic heterocycles. The van der Waals surface area contributed by atoms with Gasteiger partial charge >= 0.3 is 6.61 Å². The van der Waals surface area contributed by atoms with Gasteiger partial charge in [-0.25, -0.2) is 0 Å². The number of ether oxygens (including phenoxy) is 1. The summed E-state index contributed by atoms with van der Waals surface area (Å²) < 4.78 is 29.5. The summed E-state index contributed by atoms with van der Waals surface area (Å²) >= 11 is 0. The fraction of sp³-hybridized carbons (Fsp3) is 0.263. The van der Waals surface area contributed by atoms with Crippen molar-refractivity contribution in [1.82, 2.24) is 4.90 Å². The normalized spacial score (nSPS) is 16.2. The number of hydrogen-bond donors (Lipinski definition) is 1. The van der Waals surface area contributed by atoms with Crippen LogP contribution in [0.4, 0.5) is 14.5 Å². The number of fused-ring (bicyclic) bond motifs is 1. The van der Waals surface area contributed by atoms with E-state index in [1.54, 1.807) is 6.07 Å². The minimum absolute atomic E-state index is 0.124. The molecule has 26 heavy (non-hydrogen) atoms. The summed E-state index contributed by atoms with van der Waals surface area (Å²) in [5.74, 6) is -0.793. The van der Waals surface area contributed by atoms with Crippen molar-refractivity contribution in [2.24, 2.45) is 0 Å². The number of benzene rings is 2. The molecule has 0 saturated heterocycles. The Morgan fingerprint density at radius 3 is 2.46 bits per heavy atom. The lowest BCUT2D eigenvalue weighted by Gasteiger charge is -2.35. The zero-order chi connectivity index (χ0) is 18.7. The second-order valence-electron chi connectivity index (χ2n) is 6.00. The quantitative estimate of drug-likeness (QED) is 0.911. The van der Waals surface area contributed by atoms with Gasteiger partial charge in [0.2, 0.25) is 11.8 Å². The van der Waals surface area contributed by atoms with Crippen LogP contribution in [0.15, 0.2) is 48.5 Å². The van der Waals surface area contributed by atoms with Gasteiger partial charge in [0, 0.05) is 19.9 Å². The van der Waals surface area contributed by atoms with E-state index in [2.05, 4.69) is 10.1 Å². The van der Waals surface area contributed by atoms with Crippen LogP contribution in [-0.4, -0.2) is 29.4 Å². The van der Waals surface area contributed by atoms with Gasteiger partial charge in [-0.1, -0.05) is 36.4 Å². The molecule has 0 radical (unpaired) electrons. The smallest absolute Gasteiger partial charge is 0.387 e. The van der Waals surface area contributed by atoms with Crippen molar-refractivity contribution in [2.75, 3.05) is 5.32 Å². The van der Waals surface area contributed by atoms with E-state index in [0.717, 1.165) is 11.1 Å². The Kier molecular flexibility index (Phi) is 5.16. The van der Waals surface area contributed by atoms with Crippen LogP contribution < -0.4 is 10.1 Å². The van der Waals surface area contributed by atoms with Crippen molar-refractivity contribution >= 4 is 17.5 Å². The van der Waals surface area contributed by atoms with Crippen molar-refractivity contribution in [3.05, 3.63) is 59.7 Å². The molecule has 136 valence electrons. The maximum atomic E-state index is 12.8. The van der Waals surface area contributed by atoms with Gasteiger partial charge in [-0.3, -0.25) is 9.59 Å². The van der Waals surface area contributed by atoms with E-state index in [1.165, 1.54) is 30.0 Å². The number of halogens is 2. The number of nitrogens with zero attached hydrogens (tertiary/aromatic N) is 1. The van der Waals surface area contributed by atoms with E-state index in [9.17, 15) is 18.4 Å². The van der Waals surface area contributed by atoms with E-state index >= 15 is 0 Å². The van der Waals surface area contributed by atoms with Gasteiger partial charge in [-0.05, 0) is 23.3 Å². The van der Waals surface area contributed by atoms with Gasteiger partial charge in [0.05, 0.1) is 5.69 Å². The average Bonchev–Trinajstić information content (AvgIpc) is 2.61. The molecule has 2 amide bonds. The second kappa shape index (κ2) is 7.51. The number of carbonyl (C=O) groups is 2. The number of carbonyl (C=O) groups excluding carboxylic acids is 2. The molecule has 0 unspecified atom stereocenters. The molecular weight excluding hydrogens is 342 g/mol. The minimum Gasteiger partial charge on any atom is -0.433 e. The number of anilines is 1. The first-order chi connectivity index (χ1) is 12.5. The van der Waals surface area contributed by atoms with Crippen molar-refractivity contribution in [3.8, 4) is 5.75 Å². The molecule has 2 aromatic carbocycles. The van der Waals surface area contributed by atoms with E-state index in [4.69, 9.17) is 0 Å². The summed E-state index contributed by atoms with van der Waals surface area (Å²) in [7, 11) is 0. The summed E-state index contributed by atoms with van der Waals surface area (Å²) in [4.78, 5) is 26.3. The Balaban J connectivity index is 1.84. The maximum absolute atomic E-state index is 12.8. The van der Waals surface area contributed by atoms with Crippen LogP contribution in [0.2, 0.25) is 0 Å². The fourth-order valence-corrected chi connectivity index (χ4v) is 3.07. The Hall–Kier alpha value is -2.96. The van der Waals surface area contributed by atoms with Crippen LogP contribution in [0.3, 0.4) is 0 Å². The predicted molar refractivity (Wildman–Crippen MR) is 91.9 cm³/mol. The number of hydrogen-bond acceptors (Lipinski definition) is 3. The molecule has 0 fully saturated rings. The van der Waals surface area contributed by atoms with Gasteiger partial charge in [0.25, 0.3) is 0 Å². The van der Waals surface area contributed by atoms with Gasteiger partial charge in [0.1, 0.15) is 11.8 Å². The summed E-state index contributed by atoms with van der Waals surface area (Å²) in [6, 6.07) is 12.8. The molecule has 0 aliphatic carbocycles. The molecule has 2 aromatic rings. The van der Waals surface area contributed by atoms with Gasteiger partial charge in [-0.2, -0.15) is 8.78 Å². The highest BCUT2D eigenvalue weighted by Gasteiger charge is 2.33. The van der Waals surface area contributed by atoms with Crippen molar-refractivity contribution < 1.29 is 23.1 Å². The van der Waals surface area contributed by atoms with Crippen molar-refractivity contribution in [1.29, 1.82) is 0 Å². The molecule has 1 aliphatic rings. The first-order valence-electron chi connectivity index (χ1n) is 8.14. The lowest BCUT2D eigenvalue weighted by atomic mass is 9.93. The van der Waals surface area contributed by atoms with E-state index in [0.29, 0.717) is 13.0 Å². The third-order valence-corrected chi connectivity index (χ3v) is 4.32. The minimum atomic E-state index is -3.00. The maximum Gasteiger partial charge on any atom is 0.387 e. The lowest BCUT2D eigenvalue weighted by molar-refractivity contribution is -0.138. The number of nitrogens with one attached hydrogen (secondary N) is 1. The zero-order valence-corrected chi connectivity index (χ0v) is 14.1. The third-order valence-electron chi connectivity index (χ3n) is 4.32. The highest BCUT2D eigenvalue weighted by Crippen LogP contribution is 2.28. The Bertz CT molecular complexity index is 826. The van der Waals surface area contributed by atoms with Crippen LogP contribution in [0.5, 0.6) is 5.75 Å². The molecule has 0 bridgehead atoms. The molecule has 5 nitrogen and oxygen atoms in total.